The molecule has 0 heterocycles. The van der Waals surface area contributed by atoms with E-state index in [-0.39, 0.29) is 17.4 Å². The molecule has 0 radical (unpaired) electrons. The number of hydrogen-bond acceptors (Lipinski definition) is 2. The van der Waals surface area contributed by atoms with E-state index in [1.165, 1.54) is 17.8 Å². The number of carbonyl (C=O) groups is 1. The Morgan fingerprint density at radius 2 is 1.84 bits per heavy atom. The van der Waals surface area contributed by atoms with Gasteiger partial charge in [0.2, 0.25) is 5.91 Å². The highest BCUT2D eigenvalue weighted by molar-refractivity contribution is 7.99. The molecule has 0 saturated heterocycles. The molecule has 2 aromatic carbocycles. The highest BCUT2D eigenvalue weighted by Gasteiger charge is 2.34. The van der Waals surface area contributed by atoms with Gasteiger partial charge in [0.1, 0.15) is 0 Å². The number of benzene rings is 2. The molecular weight excluding hydrogens is 347 g/mol. The van der Waals surface area contributed by atoms with Crippen LogP contribution in [0.2, 0.25) is 0 Å². The summed E-state index contributed by atoms with van der Waals surface area (Å²) in [7, 11) is 0. The first-order chi connectivity index (χ1) is 11.8. The van der Waals surface area contributed by atoms with E-state index < -0.39 is 17.6 Å². The van der Waals surface area contributed by atoms with Crippen LogP contribution in [0.4, 0.5) is 18.9 Å². The number of halogens is 3. The Morgan fingerprint density at radius 1 is 1.16 bits per heavy atom. The van der Waals surface area contributed by atoms with Crippen LogP contribution in [0, 0.1) is 0 Å². The Bertz CT molecular complexity index is 716. The molecule has 1 N–H and O–H groups in total. The molecular formula is C19H20F3NOS. The summed E-state index contributed by atoms with van der Waals surface area (Å²) in [6, 6.07) is 13.0. The van der Waals surface area contributed by atoms with E-state index >= 15 is 0 Å². The zero-order valence-corrected chi connectivity index (χ0v) is 14.9. The Morgan fingerprint density at radius 3 is 2.44 bits per heavy atom. The molecule has 0 saturated carbocycles. The summed E-state index contributed by atoms with van der Waals surface area (Å²) in [5.74, 6) is -0.473. The van der Waals surface area contributed by atoms with Crippen molar-refractivity contribution < 1.29 is 18.0 Å². The minimum Gasteiger partial charge on any atom is -0.325 e. The molecule has 0 aliphatic carbocycles. The Hall–Kier alpha value is -1.95. The maximum Gasteiger partial charge on any atom is 0.418 e. The zero-order chi connectivity index (χ0) is 18.4. The maximum atomic E-state index is 13.4. The SMILES string of the molecule is CCC(C)Sc1ccc(NC(=O)Cc2ccccc2)c(C(F)(F)F)c1. The smallest absolute Gasteiger partial charge is 0.325 e. The molecule has 2 rings (SSSR count). The Labute approximate surface area is 149 Å². The normalized spacial score (nSPS) is 12.7. The second-order valence-electron chi connectivity index (χ2n) is 5.75. The van der Waals surface area contributed by atoms with Crippen LogP contribution in [0.3, 0.4) is 0 Å². The molecule has 1 amide bonds. The Balaban J connectivity index is 2.20. The van der Waals surface area contributed by atoms with Crippen LogP contribution in [0.1, 0.15) is 31.4 Å². The molecule has 0 fully saturated rings. The van der Waals surface area contributed by atoms with Crippen LogP contribution in [-0.4, -0.2) is 11.2 Å². The van der Waals surface area contributed by atoms with Gasteiger partial charge in [0.05, 0.1) is 17.7 Å². The Kier molecular flexibility index (Phi) is 6.53. The minimum atomic E-state index is -4.53. The van der Waals surface area contributed by atoms with Gasteiger partial charge in [-0.2, -0.15) is 13.2 Å². The fourth-order valence-electron chi connectivity index (χ4n) is 2.23. The van der Waals surface area contributed by atoms with Gasteiger partial charge >= 0.3 is 6.18 Å². The van der Waals surface area contributed by atoms with Crippen molar-refractivity contribution in [3.05, 3.63) is 59.7 Å². The fraction of sp³-hybridized carbons (Fsp3) is 0.316. The summed E-state index contributed by atoms with van der Waals surface area (Å²) < 4.78 is 40.1. The molecule has 0 spiro atoms. The van der Waals surface area contributed by atoms with Gasteiger partial charge in [0.25, 0.3) is 0 Å². The van der Waals surface area contributed by atoms with Gasteiger partial charge in [0, 0.05) is 10.1 Å². The monoisotopic (exact) mass is 367 g/mol. The molecule has 0 aromatic heterocycles. The van der Waals surface area contributed by atoms with Crippen LogP contribution < -0.4 is 5.32 Å². The van der Waals surface area contributed by atoms with E-state index in [1.54, 1.807) is 30.3 Å². The lowest BCUT2D eigenvalue weighted by molar-refractivity contribution is -0.137. The number of anilines is 1. The van der Waals surface area contributed by atoms with Gasteiger partial charge in [-0.3, -0.25) is 4.79 Å². The largest absolute Gasteiger partial charge is 0.418 e. The first kappa shape index (κ1) is 19.4. The molecule has 6 heteroatoms. The van der Waals surface area contributed by atoms with Crippen molar-refractivity contribution in [2.75, 3.05) is 5.32 Å². The number of alkyl halides is 3. The average molecular weight is 367 g/mol. The number of nitrogens with one attached hydrogen (secondary N) is 1. The van der Waals surface area contributed by atoms with Crippen molar-refractivity contribution in [3.63, 3.8) is 0 Å². The van der Waals surface area contributed by atoms with Crippen molar-refractivity contribution in [1.29, 1.82) is 0 Å². The third-order valence-corrected chi connectivity index (χ3v) is 4.95. The van der Waals surface area contributed by atoms with Crippen molar-refractivity contribution in [2.45, 2.75) is 43.0 Å². The van der Waals surface area contributed by atoms with Crippen molar-refractivity contribution in [3.8, 4) is 0 Å². The van der Waals surface area contributed by atoms with E-state index in [9.17, 15) is 18.0 Å². The fourth-order valence-corrected chi connectivity index (χ4v) is 3.20. The van der Waals surface area contributed by atoms with Gasteiger partial charge in [-0.1, -0.05) is 44.2 Å². The topological polar surface area (TPSA) is 29.1 Å². The maximum absolute atomic E-state index is 13.4. The van der Waals surface area contributed by atoms with Gasteiger partial charge < -0.3 is 5.32 Å². The summed E-state index contributed by atoms with van der Waals surface area (Å²) in [4.78, 5) is 12.6. The number of amides is 1. The van der Waals surface area contributed by atoms with Gasteiger partial charge in [-0.05, 0) is 30.2 Å². The molecule has 0 aliphatic rings. The van der Waals surface area contributed by atoms with E-state index in [1.807, 2.05) is 19.9 Å². The van der Waals surface area contributed by atoms with Crippen molar-refractivity contribution in [2.24, 2.45) is 0 Å². The van der Waals surface area contributed by atoms with Crippen molar-refractivity contribution >= 4 is 23.4 Å². The molecule has 1 unspecified atom stereocenters. The predicted octanol–water partition coefficient (Wildman–Crippen LogP) is 5.78. The molecule has 0 aliphatic heterocycles. The lowest BCUT2D eigenvalue weighted by Gasteiger charge is -2.16. The molecule has 2 nitrogen and oxygen atoms in total. The number of rotatable bonds is 6. The summed E-state index contributed by atoms with van der Waals surface area (Å²) in [5.41, 5.74) is -0.276. The van der Waals surface area contributed by atoms with Crippen LogP contribution in [0.15, 0.2) is 53.4 Å². The van der Waals surface area contributed by atoms with E-state index in [4.69, 9.17) is 0 Å². The molecule has 2 aromatic rings. The molecule has 1 atom stereocenters. The standard InChI is InChI=1S/C19H20F3NOS/c1-3-13(2)25-15-9-10-17(16(12-15)19(20,21)22)23-18(24)11-14-7-5-4-6-8-14/h4-10,12-13H,3,11H2,1-2H3,(H,23,24). The number of thioether (sulfide) groups is 1. The predicted molar refractivity (Wildman–Crippen MR) is 95.8 cm³/mol. The summed E-state index contributed by atoms with van der Waals surface area (Å²) >= 11 is 1.39. The summed E-state index contributed by atoms with van der Waals surface area (Å²) in [6.45, 7) is 3.95. The molecule has 25 heavy (non-hydrogen) atoms. The molecule has 0 bridgehead atoms. The van der Waals surface area contributed by atoms with E-state index in [0.29, 0.717) is 4.90 Å². The quantitative estimate of drug-likeness (QED) is 0.656. The lowest BCUT2D eigenvalue weighted by atomic mass is 10.1. The first-order valence-corrected chi connectivity index (χ1v) is 8.89. The van der Waals surface area contributed by atoms with E-state index in [0.717, 1.165) is 18.1 Å². The van der Waals surface area contributed by atoms with E-state index in [2.05, 4.69) is 5.32 Å². The third-order valence-electron chi connectivity index (χ3n) is 3.69. The zero-order valence-electron chi connectivity index (χ0n) is 14.1. The van der Waals surface area contributed by atoms with Gasteiger partial charge in [-0.25, -0.2) is 0 Å². The number of carbonyl (C=O) groups excluding carboxylic acids is 1. The van der Waals surface area contributed by atoms with Crippen LogP contribution in [-0.2, 0) is 17.4 Å². The third kappa shape index (κ3) is 5.81. The van der Waals surface area contributed by atoms with Crippen LogP contribution in [0.5, 0.6) is 0 Å². The second-order valence-corrected chi connectivity index (χ2v) is 7.26. The first-order valence-electron chi connectivity index (χ1n) is 8.01. The van der Waals surface area contributed by atoms with Crippen LogP contribution >= 0.6 is 11.8 Å². The minimum absolute atomic E-state index is 0.0293. The molecule has 134 valence electrons. The highest BCUT2D eigenvalue weighted by atomic mass is 32.2. The van der Waals surface area contributed by atoms with Crippen molar-refractivity contribution in [1.82, 2.24) is 0 Å². The van der Waals surface area contributed by atoms with Gasteiger partial charge in [0.15, 0.2) is 0 Å². The van der Waals surface area contributed by atoms with Crippen LogP contribution in [0.25, 0.3) is 0 Å². The lowest BCUT2D eigenvalue weighted by Crippen LogP contribution is -2.18. The average Bonchev–Trinajstić information content (AvgIpc) is 2.56. The summed E-state index contributed by atoms with van der Waals surface area (Å²) in [6.07, 6.45) is -3.63. The second kappa shape index (κ2) is 8.43. The summed E-state index contributed by atoms with van der Waals surface area (Å²) in [5, 5.41) is 2.61. The van der Waals surface area contributed by atoms with Gasteiger partial charge in [-0.15, -0.1) is 11.8 Å². The number of hydrogen-bond donors (Lipinski definition) is 1. The highest BCUT2D eigenvalue weighted by Crippen LogP contribution is 2.38.